The van der Waals surface area contributed by atoms with Gasteiger partial charge in [0.25, 0.3) is 0 Å². The first-order valence-corrected chi connectivity index (χ1v) is 5.87. The average Bonchev–Trinajstić information content (AvgIpc) is 2.40. The van der Waals surface area contributed by atoms with Gasteiger partial charge in [-0.25, -0.2) is 0 Å². The van der Waals surface area contributed by atoms with E-state index in [-0.39, 0.29) is 25.0 Å². The van der Waals surface area contributed by atoms with Crippen LogP contribution in [0.1, 0.15) is 18.4 Å². The average molecular weight is 250 g/mol. The minimum Gasteiger partial charge on any atom is -0.465 e. The minimum absolute atomic E-state index is 0.0929. The number of carbonyl (C=O) groups excluding carboxylic acids is 2. The molecule has 0 heterocycles. The summed E-state index contributed by atoms with van der Waals surface area (Å²) in [7, 11) is 0. The number of nitrogens with one attached hydrogen (secondary N) is 1. The molecule has 0 aromatic heterocycles. The molecule has 1 unspecified atom stereocenters. The monoisotopic (exact) mass is 250 g/mol. The summed E-state index contributed by atoms with van der Waals surface area (Å²) in [6, 6.07) is 9.20. The van der Waals surface area contributed by atoms with Gasteiger partial charge in [0.05, 0.1) is 19.1 Å². The molecule has 0 aliphatic rings. The van der Waals surface area contributed by atoms with Gasteiger partial charge < -0.3 is 15.8 Å². The van der Waals surface area contributed by atoms with Crippen molar-refractivity contribution in [2.45, 2.75) is 12.8 Å². The first kappa shape index (κ1) is 14.2. The molecule has 0 saturated carbocycles. The zero-order chi connectivity index (χ0) is 13.4. The van der Waals surface area contributed by atoms with Crippen molar-refractivity contribution in [2.24, 2.45) is 5.73 Å². The number of hydrogen-bond acceptors (Lipinski definition) is 4. The van der Waals surface area contributed by atoms with Crippen LogP contribution in [-0.4, -0.2) is 31.6 Å². The molecule has 1 amide bonds. The molecule has 0 bridgehead atoms. The molecule has 98 valence electrons. The van der Waals surface area contributed by atoms with Crippen LogP contribution in [0, 0.1) is 0 Å². The van der Waals surface area contributed by atoms with E-state index in [1.807, 2.05) is 30.3 Å². The molecule has 0 aliphatic carbocycles. The number of esters is 1. The van der Waals surface area contributed by atoms with Crippen LogP contribution in [0.2, 0.25) is 0 Å². The summed E-state index contributed by atoms with van der Waals surface area (Å²) < 4.78 is 5.00. The van der Waals surface area contributed by atoms with Crippen LogP contribution in [0.3, 0.4) is 0 Å². The molecule has 3 N–H and O–H groups in total. The van der Waals surface area contributed by atoms with Gasteiger partial charge in [-0.15, -0.1) is 0 Å². The molecule has 5 heteroatoms. The van der Waals surface area contributed by atoms with Crippen LogP contribution in [0.5, 0.6) is 0 Å². The number of rotatable bonds is 6. The Bertz CT molecular complexity index is 392. The summed E-state index contributed by atoms with van der Waals surface area (Å²) in [5.74, 6) is -1.14. The fourth-order valence-corrected chi connectivity index (χ4v) is 1.55. The van der Waals surface area contributed by atoms with Crippen molar-refractivity contribution in [3.63, 3.8) is 0 Å². The Kier molecular flexibility index (Phi) is 5.87. The molecule has 0 radical (unpaired) electrons. The summed E-state index contributed by atoms with van der Waals surface area (Å²) in [5.41, 5.74) is 6.02. The second-order valence-electron chi connectivity index (χ2n) is 3.72. The molecular formula is C13H18N2O3. The maximum atomic E-state index is 11.8. The van der Waals surface area contributed by atoms with Gasteiger partial charge in [0, 0.05) is 6.54 Å². The van der Waals surface area contributed by atoms with Crippen LogP contribution >= 0.6 is 0 Å². The molecule has 18 heavy (non-hydrogen) atoms. The fourth-order valence-electron chi connectivity index (χ4n) is 1.55. The Morgan fingerprint density at radius 2 is 2.00 bits per heavy atom. The van der Waals surface area contributed by atoms with Crippen molar-refractivity contribution in [1.29, 1.82) is 0 Å². The van der Waals surface area contributed by atoms with Gasteiger partial charge in [-0.3, -0.25) is 9.59 Å². The number of benzene rings is 1. The van der Waals surface area contributed by atoms with Crippen molar-refractivity contribution in [3.05, 3.63) is 35.9 Å². The molecule has 0 fully saturated rings. The molecule has 0 aliphatic heterocycles. The van der Waals surface area contributed by atoms with Crippen LogP contribution in [0.4, 0.5) is 0 Å². The lowest BCUT2D eigenvalue weighted by Crippen LogP contribution is -2.36. The van der Waals surface area contributed by atoms with E-state index in [1.165, 1.54) is 0 Å². The maximum Gasteiger partial charge on any atom is 0.315 e. The fraction of sp³-hybridized carbons (Fsp3) is 0.385. The van der Waals surface area contributed by atoms with Crippen molar-refractivity contribution >= 4 is 11.9 Å². The van der Waals surface area contributed by atoms with Crippen LogP contribution in [0.15, 0.2) is 30.3 Å². The number of carbonyl (C=O) groups is 2. The third kappa shape index (κ3) is 4.18. The quantitative estimate of drug-likeness (QED) is 0.716. The molecule has 0 spiro atoms. The van der Waals surface area contributed by atoms with Crippen molar-refractivity contribution < 1.29 is 14.3 Å². The topological polar surface area (TPSA) is 81.4 Å². The zero-order valence-corrected chi connectivity index (χ0v) is 10.4. The number of ether oxygens (including phenoxy) is 1. The lowest BCUT2D eigenvalue weighted by Gasteiger charge is -2.16. The van der Waals surface area contributed by atoms with Gasteiger partial charge >= 0.3 is 5.97 Å². The Balaban J connectivity index is 2.75. The van der Waals surface area contributed by atoms with Crippen molar-refractivity contribution in [3.8, 4) is 0 Å². The van der Waals surface area contributed by atoms with E-state index < -0.39 is 5.92 Å². The number of amides is 1. The van der Waals surface area contributed by atoms with Crippen LogP contribution in [0.25, 0.3) is 0 Å². The summed E-state index contributed by atoms with van der Waals surface area (Å²) in [6.45, 7) is 2.16. The predicted octanol–water partition coefficient (Wildman–Crippen LogP) is 0.408. The van der Waals surface area contributed by atoms with E-state index in [0.29, 0.717) is 6.61 Å². The van der Waals surface area contributed by atoms with Gasteiger partial charge in [-0.1, -0.05) is 30.3 Å². The first-order chi connectivity index (χ1) is 8.69. The normalized spacial score (nSPS) is 11.7. The van der Waals surface area contributed by atoms with E-state index in [9.17, 15) is 9.59 Å². The van der Waals surface area contributed by atoms with Gasteiger partial charge in [0.1, 0.15) is 0 Å². The molecule has 1 aromatic carbocycles. The number of hydrogen-bond donors (Lipinski definition) is 2. The smallest absolute Gasteiger partial charge is 0.315 e. The van der Waals surface area contributed by atoms with Crippen LogP contribution < -0.4 is 11.1 Å². The predicted molar refractivity (Wildman–Crippen MR) is 67.9 cm³/mol. The highest BCUT2D eigenvalue weighted by molar-refractivity contribution is 5.81. The van der Waals surface area contributed by atoms with Gasteiger partial charge in [0.15, 0.2) is 0 Å². The highest BCUT2D eigenvalue weighted by Crippen LogP contribution is 2.16. The Morgan fingerprint density at radius 1 is 1.33 bits per heavy atom. The molecule has 1 aromatic rings. The van der Waals surface area contributed by atoms with E-state index in [0.717, 1.165) is 5.56 Å². The molecular weight excluding hydrogens is 232 g/mol. The number of nitrogens with two attached hydrogens (primary N) is 1. The Morgan fingerprint density at radius 3 is 2.56 bits per heavy atom. The SMILES string of the molecule is CCOC(=O)C(CNC(=O)CN)c1ccccc1. The second kappa shape index (κ2) is 7.45. The summed E-state index contributed by atoms with van der Waals surface area (Å²) in [5, 5.41) is 2.61. The minimum atomic E-state index is -0.498. The van der Waals surface area contributed by atoms with E-state index >= 15 is 0 Å². The largest absolute Gasteiger partial charge is 0.465 e. The van der Waals surface area contributed by atoms with E-state index in [1.54, 1.807) is 6.92 Å². The van der Waals surface area contributed by atoms with Crippen molar-refractivity contribution in [1.82, 2.24) is 5.32 Å². The van der Waals surface area contributed by atoms with Crippen molar-refractivity contribution in [2.75, 3.05) is 19.7 Å². The molecule has 5 nitrogen and oxygen atoms in total. The summed E-state index contributed by atoms with van der Waals surface area (Å²) in [6.07, 6.45) is 0. The third-order valence-corrected chi connectivity index (χ3v) is 2.46. The lowest BCUT2D eigenvalue weighted by molar-refractivity contribution is -0.144. The zero-order valence-electron chi connectivity index (χ0n) is 10.4. The standard InChI is InChI=1S/C13H18N2O3/c1-2-18-13(17)11(9-15-12(16)8-14)10-6-4-3-5-7-10/h3-7,11H,2,8-9,14H2,1H3,(H,15,16). The first-order valence-electron chi connectivity index (χ1n) is 5.87. The Hall–Kier alpha value is -1.88. The van der Waals surface area contributed by atoms with Gasteiger partial charge in [0.2, 0.25) is 5.91 Å². The second-order valence-corrected chi connectivity index (χ2v) is 3.72. The molecule has 1 atom stereocenters. The van der Waals surface area contributed by atoms with E-state index in [2.05, 4.69) is 5.32 Å². The summed E-state index contributed by atoms with van der Waals surface area (Å²) in [4.78, 5) is 23.0. The third-order valence-electron chi connectivity index (χ3n) is 2.46. The molecule has 0 saturated heterocycles. The highest BCUT2D eigenvalue weighted by Gasteiger charge is 2.22. The maximum absolute atomic E-state index is 11.8. The molecule has 1 rings (SSSR count). The Labute approximate surface area is 106 Å². The van der Waals surface area contributed by atoms with Crippen LogP contribution in [-0.2, 0) is 14.3 Å². The van der Waals surface area contributed by atoms with E-state index in [4.69, 9.17) is 10.5 Å². The van der Waals surface area contributed by atoms with Gasteiger partial charge in [-0.2, -0.15) is 0 Å². The highest BCUT2D eigenvalue weighted by atomic mass is 16.5. The summed E-state index contributed by atoms with van der Waals surface area (Å²) >= 11 is 0. The van der Waals surface area contributed by atoms with Gasteiger partial charge in [-0.05, 0) is 12.5 Å². The lowest BCUT2D eigenvalue weighted by atomic mass is 9.99.